The van der Waals surface area contributed by atoms with Crippen LogP contribution in [0.25, 0.3) is 0 Å². The Morgan fingerprint density at radius 3 is 1.64 bits per heavy atom. The Balaban J connectivity index is 0.000000538. The van der Waals surface area contributed by atoms with Gasteiger partial charge in [0.25, 0.3) is 0 Å². The van der Waals surface area contributed by atoms with Gasteiger partial charge in [0.05, 0.1) is 5.69 Å². The van der Waals surface area contributed by atoms with E-state index in [0.29, 0.717) is 5.96 Å². The molecule has 9 heteroatoms. The Morgan fingerprint density at radius 2 is 1.11 bits per heavy atom. The van der Waals surface area contributed by atoms with Crippen molar-refractivity contribution in [3.63, 3.8) is 0 Å². The third kappa shape index (κ3) is 9.21. The van der Waals surface area contributed by atoms with Gasteiger partial charge >= 0.3 is 11.9 Å². The van der Waals surface area contributed by atoms with Gasteiger partial charge in [-0.05, 0) is 60.7 Å². The van der Waals surface area contributed by atoms with Crippen LogP contribution >= 0.6 is 23.5 Å². The van der Waals surface area contributed by atoms with Crippen molar-refractivity contribution in [2.45, 2.75) is 19.6 Å². The molecule has 0 unspecified atom stereocenters. The van der Waals surface area contributed by atoms with Gasteiger partial charge in [-0.2, -0.15) is 0 Å². The number of nitrogens with one attached hydrogen (secondary N) is 1. The number of carboxylic acid groups (broad SMARTS) is 2. The van der Waals surface area contributed by atoms with E-state index in [1.807, 2.05) is 66.7 Å². The molecule has 0 aliphatic carbocycles. The highest BCUT2D eigenvalue weighted by atomic mass is 32.2. The first kappa shape index (κ1) is 26.4. The first-order valence-electron chi connectivity index (χ1n) is 10.6. The molecule has 4 rings (SSSR count). The first-order chi connectivity index (χ1) is 17.4. The lowest BCUT2D eigenvalue weighted by molar-refractivity contribution is -0.159. The van der Waals surface area contributed by atoms with Crippen LogP contribution in [0, 0.1) is 0 Å². The standard InChI is InChI=1S/C25H21N3S2.C2H2O4/c26-25(27-19-9-7-15-23(17-19)29-21-11-3-1-4-12-21)28-20-10-8-16-24(18-20)30-22-13-5-2-6-14-22;3-1(4)2(5)6/h1-18H,(H3,26,27,28);(H,3,4)(H,5,6). The summed E-state index contributed by atoms with van der Waals surface area (Å²) in [5, 5.41) is 18.0. The summed E-state index contributed by atoms with van der Waals surface area (Å²) in [7, 11) is 0. The van der Waals surface area contributed by atoms with Crippen molar-refractivity contribution in [1.29, 1.82) is 0 Å². The number of carbonyl (C=O) groups is 2. The Labute approximate surface area is 217 Å². The second kappa shape index (κ2) is 13.6. The number of anilines is 1. The number of benzene rings is 4. The fraction of sp³-hybridized carbons (Fsp3) is 0. The van der Waals surface area contributed by atoms with Crippen molar-refractivity contribution in [1.82, 2.24) is 0 Å². The van der Waals surface area contributed by atoms with E-state index in [-0.39, 0.29) is 0 Å². The van der Waals surface area contributed by atoms with E-state index in [1.165, 1.54) is 9.79 Å². The van der Waals surface area contributed by atoms with Crippen LogP contribution in [0.2, 0.25) is 0 Å². The zero-order valence-corrected chi connectivity index (χ0v) is 20.6. The SMILES string of the molecule is NC(=Nc1cccc(Sc2ccccc2)c1)Nc1cccc(Sc2ccccc2)c1.O=C(O)C(=O)O. The molecule has 0 saturated carbocycles. The average molecular weight is 518 g/mol. The minimum Gasteiger partial charge on any atom is -0.473 e. The van der Waals surface area contributed by atoms with Gasteiger partial charge in [0, 0.05) is 25.3 Å². The molecule has 0 fully saturated rings. The van der Waals surface area contributed by atoms with Crippen LogP contribution in [-0.2, 0) is 9.59 Å². The highest BCUT2D eigenvalue weighted by Crippen LogP contribution is 2.31. The van der Waals surface area contributed by atoms with Crippen LogP contribution in [0.5, 0.6) is 0 Å². The van der Waals surface area contributed by atoms with Gasteiger partial charge in [-0.15, -0.1) is 0 Å². The Morgan fingerprint density at radius 1 is 0.639 bits per heavy atom. The Hall–Kier alpha value is -4.21. The molecule has 7 nitrogen and oxygen atoms in total. The van der Waals surface area contributed by atoms with E-state index in [2.05, 4.69) is 52.8 Å². The number of rotatable bonds is 6. The highest BCUT2D eigenvalue weighted by Gasteiger charge is 2.04. The number of guanidine groups is 1. The average Bonchev–Trinajstić information content (AvgIpc) is 2.86. The van der Waals surface area contributed by atoms with E-state index in [0.717, 1.165) is 21.2 Å². The molecule has 0 atom stereocenters. The molecule has 0 aliphatic rings. The van der Waals surface area contributed by atoms with Gasteiger partial charge in [-0.3, -0.25) is 0 Å². The lowest BCUT2D eigenvalue weighted by Gasteiger charge is -2.08. The third-order valence-corrected chi connectivity index (χ3v) is 6.31. The van der Waals surface area contributed by atoms with Gasteiger partial charge in [-0.1, -0.05) is 72.1 Å². The molecular weight excluding hydrogens is 494 g/mol. The summed E-state index contributed by atoms with van der Waals surface area (Å²) >= 11 is 3.41. The zero-order chi connectivity index (χ0) is 25.8. The Bertz CT molecular complexity index is 1320. The lowest BCUT2D eigenvalue weighted by atomic mass is 10.3. The summed E-state index contributed by atoms with van der Waals surface area (Å²) in [6.45, 7) is 0. The number of carboxylic acids is 2. The molecule has 5 N–H and O–H groups in total. The van der Waals surface area contributed by atoms with Gasteiger partial charge in [-0.25, -0.2) is 14.6 Å². The van der Waals surface area contributed by atoms with Crippen molar-refractivity contribution in [2.24, 2.45) is 10.7 Å². The maximum absolute atomic E-state index is 9.10. The highest BCUT2D eigenvalue weighted by molar-refractivity contribution is 7.99. The minimum atomic E-state index is -1.82. The summed E-state index contributed by atoms with van der Waals surface area (Å²) in [6, 6.07) is 36.8. The molecule has 0 bridgehead atoms. The molecule has 0 saturated heterocycles. The van der Waals surface area contributed by atoms with Gasteiger partial charge in [0.15, 0.2) is 5.96 Å². The summed E-state index contributed by atoms with van der Waals surface area (Å²) in [5.74, 6) is -3.29. The zero-order valence-electron chi connectivity index (χ0n) is 18.9. The summed E-state index contributed by atoms with van der Waals surface area (Å²) in [5.41, 5.74) is 7.89. The molecule has 0 amide bonds. The van der Waals surface area contributed by atoms with Gasteiger partial charge < -0.3 is 21.3 Å². The number of hydrogen-bond donors (Lipinski definition) is 4. The van der Waals surface area contributed by atoms with Crippen LogP contribution in [-0.4, -0.2) is 28.1 Å². The second-order valence-corrected chi connectivity index (χ2v) is 9.38. The monoisotopic (exact) mass is 517 g/mol. The molecule has 182 valence electrons. The number of nitrogens with two attached hydrogens (primary N) is 1. The fourth-order valence-electron chi connectivity index (χ4n) is 2.82. The van der Waals surface area contributed by atoms with E-state index in [4.69, 9.17) is 25.5 Å². The molecule has 0 radical (unpaired) electrons. The number of nitrogens with zero attached hydrogens (tertiary/aromatic N) is 1. The van der Waals surface area contributed by atoms with Crippen molar-refractivity contribution < 1.29 is 19.8 Å². The second-order valence-electron chi connectivity index (χ2n) is 7.09. The summed E-state index contributed by atoms with van der Waals surface area (Å²) < 4.78 is 0. The number of aliphatic imine (C=N–C) groups is 1. The van der Waals surface area contributed by atoms with E-state index in [9.17, 15) is 0 Å². The molecule has 4 aromatic rings. The van der Waals surface area contributed by atoms with E-state index >= 15 is 0 Å². The third-order valence-electron chi connectivity index (χ3n) is 4.31. The van der Waals surface area contributed by atoms with Crippen LogP contribution in [0.3, 0.4) is 0 Å². The fourth-order valence-corrected chi connectivity index (χ4v) is 4.61. The minimum absolute atomic E-state index is 0.360. The first-order valence-corrected chi connectivity index (χ1v) is 12.3. The van der Waals surface area contributed by atoms with Crippen LogP contribution in [0.15, 0.2) is 134 Å². The van der Waals surface area contributed by atoms with E-state index < -0.39 is 11.9 Å². The number of aliphatic carboxylic acids is 2. The Kier molecular flexibility index (Phi) is 9.99. The maximum Gasteiger partial charge on any atom is 0.414 e. The normalized spacial score (nSPS) is 10.6. The van der Waals surface area contributed by atoms with Gasteiger partial charge in [0.2, 0.25) is 0 Å². The van der Waals surface area contributed by atoms with Gasteiger partial charge in [0.1, 0.15) is 0 Å². The topological polar surface area (TPSA) is 125 Å². The summed E-state index contributed by atoms with van der Waals surface area (Å²) in [4.78, 5) is 27.4. The summed E-state index contributed by atoms with van der Waals surface area (Å²) in [6.07, 6.45) is 0. The van der Waals surface area contributed by atoms with Crippen molar-refractivity contribution in [3.8, 4) is 0 Å². The van der Waals surface area contributed by atoms with Crippen LogP contribution < -0.4 is 11.1 Å². The van der Waals surface area contributed by atoms with Crippen molar-refractivity contribution in [3.05, 3.63) is 109 Å². The predicted octanol–water partition coefficient (Wildman–Crippen LogP) is 6.20. The number of hydrogen-bond acceptors (Lipinski definition) is 5. The molecule has 0 aromatic heterocycles. The smallest absolute Gasteiger partial charge is 0.414 e. The molecule has 4 aromatic carbocycles. The van der Waals surface area contributed by atoms with E-state index in [1.54, 1.807) is 23.5 Å². The molecule has 0 aliphatic heterocycles. The molecular formula is C27H23N3O4S2. The molecule has 36 heavy (non-hydrogen) atoms. The maximum atomic E-state index is 9.10. The van der Waals surface area contributed by atoms with Crippen LogP contribution in [0.1, 0.15) is 0 Å². The van der Waals surface area contributed by atoms with Crippen LogP contribution in [0.4, 0.5) is 11.4 Å². The largest absolute Gasteiger partial charge is 0.473 e. The van der Waals surface area contributed by atoms with Crippen molar-refractivity contribution >= 4 is 52.8 Å². The molecule has 0 spiro atoms. The predicted molar refractivity (Wildman–Crippen MR) is 144 cm³/mol. The van der Waals surface area contributed by atoms with Crippen molar-refractivity contribution in [2.75, 3.05) is 5.32 Å². The molecule has 0 heterocycles. The lowest BCUT2D eigenvalue weighted by Crippen LogP contribution is -2.21. The quantitative estimate of drug-likeness (QED) is 0.135.